The Labute approximate surface area is 165 Å². The number of benzene rings is 2. The highest BCUT2D eigenvalue weighted by Crippen LogP contribution is 2.14. The van der Waals surface area contributed by atoms with E-state index in [9.17, 15) is 9.59 Å². The molecule has 0 bridgehead atoms. The molecule has 0 spiro atoms. The molecule has 1 N–H and O–H groups in total. The lowest BCUT2D eigenvalue weighted by atomic mass is 10.1. The Morgan fingerprint density at radius 2 is 1.68 bits per heavy atom. The molecule has 0 aliphatic carbocycles. The van der Waals surface area contributed by atoms with Crippen molar-refractivity contribution in [3.05, 3.63) is 65.2 Å². The minimum atomic E-state index is -0.189. The van der Waals surface area contributed by atoms with Gasteiger partial charge in [0, 0.05) is 31.7 Å². The summed E-state index contributed by atoms with van der Waals surface area (Å²) in [5.41, 5.74) is 3.72. The van der Waals surface area contributed by atoms with Crippen molar-refractivity contribution < 1.29 is 9.59 Å². The Hall–Kier alpha value is -3.15. The molecule has 146 valence electrons. The third-order valence-corrected chi connectivity index (χ3v) is 4.88. The standard InChI is InChI=1S/C22H26N4O2/c1-3-18-6-8-19(9-7-18)21(28)24-22(23-20-10-4-17(2)5-11-20)26-14-12-25(16-27)13-15-26/h4-11,16H,3,12-15H2,1-2H3,(H,23,24,28). The molecule has 1 fully saturated rings. The Bertz CT molecular complexity index is 836. The zero-order chi connectivity index (χ0) is 19.9. The van der Waals surface area contributed by atoms with Gasteiger partial charge in [-0.25, -0.2) is 4.99 Å². The summed E-state index contributed by atoms with van der Waals surface area (Å²) >= 11 is 0. The van der Waals surface area contributed by atoms with Gasteiger partial charge in [0.15, 0.2) is 0 Å². The molecule has 1 saturated heterocycles. The van der Waals surface area contributed by atoms with Gasteiger partial charge in [-0.15, -0.1) is 0 Å². The molecular weight excluding hydrogens is 352 g/mol. The van der Waals surface area contributed by atoms with Crippen molar-refractivity contribution in [2.75, 3.05) is 26.2 Å². The molecule has 0 radical (unpaired) electrons. The summed E-state index contributed by atoms with van der Waals surface area (Å²) in [6.45, 7) is 6.57. The minimum Gasteiger partial charge on any atom is -0.342 e. The smallest absolute Gasteiger partial charge is 0.257 e. The number of hydrogen-bond acceptors (Lipinski definition) is 3. The maximum Gasteiger partial charge on any atom is 0.257 e. The number of amides is 2. The van der Waals surface area contributed by atoms with E-state index in [1.54, 1.807) is 4.90 Å². The molecule has 0 aromatic heterocycles. The molecule has 1 aliphatic rings. The van der Waals surface area contributed by atoms with E-state index in [-0.39, 0.29) is 5.91 Å². The monoisotopic (exact) mass is 378 g/mol. The number of guanidine groups is 1. The van der Waals surface area contributed by atoms with Crippen molar-refractivity contribution >= 4 is 24.0 Å². The van der Waals surface area contributed by atoms with E-state index in [2.05, 4.69) is 17.2 Å². The van der Waals surface area contributed by atoms with Crippen molar-refractivity contribution in [1.29, 1.82) is 0 Å². The summed E-state index contributed by atoms with van der Waals surface area (Å²) in [5, 5.41) is 2.97. The van der Waals surface area contributed by atoms with Gasteiger partial charge in [0.2, 0.25) is 12.4 Å². The highest BCUT2D eigenvalue weighted by atomic mass is 16.2. The largest absolute Gasteiger partial charge is 0.342 e. The molecule has 2 amide bonds. The number of carbonyl (C=O) groups is 2. The summed E-state index contributed by atoms with van der Waals surface area (Å²) in [5.74, 6) is 0.324. The first-order chi connectivity index (χ1) is 13.6. The number of nitrogens with one attached hydrogen (secondary N) is 1. The first kappa shape index (κ1) is 19.6. The van der Waals surface area contributed by atoms with Crippen LogP contribution in [-0.2, 0) is 11.2 Å². The minimum absolute atomic E-state index is 0.189. The Morgan fingerprint density at radius 1 is 1.04 bits per heavy atom. The highest BCUT2D eigenvalue weighted by molar-refractivity contribution is 6.06. The normalized spacial score (nSPS) is 14.7. The summed E-state index contributed by atoms with van der Waals surface area (Å²) in [6.07, 6.45) is 1.80. The number of rotatable bonds is 4. The number of aryl methyl sites for hydroxylation is 2. The maximum atomic E-state index is 12.8. The third-order valence-electron chi connectivity index (χ3n) is 4.88. The van der Waals surface area contributed by atoms with Gasteiger partial charge in [-0.2, -0.15) is 0 Å². The van der Waals surface area contributed by atoms with Gasteiger partial charge in [-0.05, 0) is 43.2 Å². The van der Waals surface area contributed by atoms with Crippen LogP contribution in [0.3, 0.4) is 0 Å². The fourth-order valence-corrected chi connectivity index (χ4v) is 3.02. The van der Waals surface area contributed by atoms with Crippen LogP contribution in [0, 0.1) is 6.92 Å². The molecule has 0 atom stereocenters. The van der Waals surface area contributed by atoms with Crippen molar-refractivity contribution in [3.8, 4) is 0 Å². The summed E-state index contributed by atoms with van der Waals surface area (Å²) < 4.78 is 0. The topological polar surface area (TPSA) is 65.0 Å². The quantitative estimate of drug-likeness (QED) is 0.505. The van der Waals surface area contributed by atoms with Gasteiger partial charge >= 0.3 is 0 Å². The van der Waals surface area contributed by atoms with Crippen LogP contribution in [0.1, 0.15) is 28.4 Å². The average molecular weight is 378 g/mol. The molecule has 28 heavy (non-hydrogen) atoms. The van der Waals surface area contributed by atoms with E-state index < -0.39 is 0 Å². The van der Waals surface area contributed by atoms with E-state index >= 15 is 0 Å². The Kier molecular flexibility index (Phi) is 6.42. The van der Waals surface area contributed by atoms with Gasteiger partial charge in [0.25, 0.3) is 5.91 Å². The number of carbonyl (C=O) groups excluding carboxylic acids is 2. The van der Waals surface area contributed by atoms with Gasteiger partial charge in [-0.1, -0.05) is 36.8 Å². The van der Waals surface area contributed by atoms with Gasteiger partial charge in [-0.3, -0.25) is 14.9 Å². The highest BCUT2D eigenvalue weighted by Gasteiger charge is 2.21. The van der Waals surface area contributed by atoms with Crippen LogP contribution in [0.25, 0.3) is 0 Å². The lowest BCUT2D eigenvalue weighted by Gasteiger charge is -2.34. The van der Waals surface area contributed by atoms with E-state index in [0.29, 0.717) is 37.7 Å². The van der Waals surface area contributed by atoms with Crippen LogP contribution in [0.5, 0.6) is 0 Å². The fourth-order valence-electron chi connectivity index (χ4n) is 3.02. The molecule has 2 aromatic carbocycles. The van der Waals surface area contributed by atoms with Crippen LogP contribution >= 0.6 is 0 Å². The van der Waals surface area contributed by atoms with Gasteiger partial charge in [0.05, 0.1) is 5.69 Å². The molecule has 6 heteroatoms. The van der Waals surface area contributed by atoms with E-state index in [1.165, 1.54) is 5.56 Å². The van der Waals surface area contributed by atoms with Crippen LogP contribution in [0.4, 0.5) is 5.69 Å². The van der Waals surface area contributed by atoms with Crippen molar-refractivity contribution in [2.45, 2.75) is 20.3 Å². The van der Waals surface area contributed by atoms with E-state index in [1.807, 2.05) is 60.4 Å². The Morgan fingerprint density at radius 3 is 2.25 bits per heavy atom. The first-order valence-corrected chi connectivity index (χ1v) is 9.59. The van der Waals surface area contributed by atoms with Gasteiger partial charge < -0.3 is 9.80 Å². The summed E-state index contributed by atoms with van der Waals surface area (Å²) in [6, 6.07) is 15.4. The molecule has 0 saturated carbocycles. The molecule has 3 rings (SSSR count). The number of aliphatic imine (C=N–C) groups is 1. The third kappa shape index (κ3) is 4.97. The molecule has 6 nitrogen and oxygen atoms in total. The SMILES string of the molecule is CCc1ccc(C(=O)NC(=Nc2ccc(C)cc2)N2CCN(C=O)CC2)cc1. The molecule has 0 unspecified atom stereocenters. The number of nitrogens with zero attached hydrogens (tertiary/aromatic N) is 3. The molecule has 2 aromatic rings. The van der Waals surface area contributed by atoms with E-state index in [4.69, 9.17) is 0 Å². The second-order valence-electron chi connectivity index (χ2n) is 6.90. The van der Waals surface area contributed by atoms with Crippen molar-refractivity contribution in [3.63, 3.8) is 0 Å². The molecular formula is C22H26N4O2. The number of piperazine rings is 1. The van der Waals surface area contributed by atoms with Crippen molar-refractivity contribution in [2.24, 2.45) is 4.99 Å². The summed E-state index contributed by atoms with van der Waals surface area (Å²) in [4.78, 5) is 32.2. The molecule has 1 aliphatic heterocycles. The van der Waals surface area contributed by atoms with Crippen LogP contribution in [-0.4, -0.2) is 54.3 Å². The average Bonchev–Trinajstić information content (AvgIpc) is 2.75. The van der Waals surface area contributed by atoms with Crippen LogP contribution in [0.2, 0.25) is 0 Å². The maximum absolute atomic E-state index is 12.8. The predicted octanol–water partition coefficient (Wildman–Crippen LogP) is 2.75. The lowest BCUT2D eigenvalue weighted by Crippen LogP contribution is -2.53. The van der Waals surface area contributed by atoms with Crippen LogP contribution in [0.15, 0.2) is 53.5 Å². The summed E-state index contributed by atoms with van der Waals surface area (Å²) in [7, 11) is 0. The Balaban J connectivity index is 1.81. The second kappa shape index (κ2) is 9.17. The second-order valence-corrected chi connectivity index (χ2v) is 6.90. The van der Waals surface area contributed by atoms with E-state index in [0.717, 1.165) is 24.1 Å². The lowest BCUT2D eigenvalue weighted by molar-refractivity contribution is -0.119. The van der Waals surface area contributed by atoms with Crippen LogP contribution < -0.4 is 5.32 Å². The fraction of sp³-hybridized carbons (Fsp3) is 0.318. The zero-order valence-corrected chi connectivity index (χ0v) is 16.4. The molecule has 1 heterocycles. The first-order valence-electron chi connectivity index (χ1n) is 9.59. The number of hydrogen-bond donors (Lipinski definition) is 1. The van der Waals surface area contributed by atoms with Gasteiger partial charge in [0.1, 0.15) is 0 Å². The van der Waals surface area contributed by atoms with Crippen molar-refractivity contribution in [1.82, 2.24) is 15.1 Å². The predicted molar refractivity (Wildman–Crippen MR) is 111 cm³/mol. The zero-order valence-electron chi connectivity index (χ0n) is 16.4.